The van der Waals surface area contributed by atoms with Gasteiger partial charge in [0.1, 0.15) is 0 Å². The maximum Gasteiger partial charge on any atom is 0.303 e. The van der Waals surface area contributed by atoms with E-state index in [-0.39, 0.29) is 6.42 Å². The smallest absolute Gasteiger partial charge is 0.303 e. The van der Waals surface area contributed by atoms with Crippen molar-refractivity contribution >= 4 is 17.5 Å². The zero-order valence-electron chi connectivity index (χ0n) is 15.6. The Bertz CT molecular complexity index is 482. The van der Waals surface area contributed by atoms with E-state index in [0.717, 1.165) is 25.3 Å². The summed E-state index contributed by atoms with van der Waals surface area (Å²) in [4.78, 5) is 35.2. The van der Waals surface area contributed by atoms with Gasteiger partial charge in [0.15, 0.2) is 17.7 Å². The number of carbonyl (C=O) groups excluding carboxylic acids is 3. The molecule has 0 spiro atoms. The average molecular weight is 352 g/mol. The normalized spacial score (nSPS) is 22.4. The Hall–Kier alpha value is -1.49. The van der Waals surface area contributed by atoms with Gasteiger partial charge in [-0.05, 0) is 18.6 Å². The first-order valence-electron chi connectivity index (χ1n) is 9.58. The number of unbranched alkanes of at least 4 members (excludes halogenated alkanes) is 9. The molecule has 1 rings (SSSR count). The van der Waals surface area contributed by atoms with Crippen molar-refractivity contribution in [2.24, 2.45) is 0 Å². The van der Waals surface area contributed by atoms with Gasteiger partial charge in [-0.15, -0.1) is 0 Å². The molecule has 0 amide bonds. The van der Waals surface area contributed by atoms with Crippen LogP contribution in [0.4, 0.5) is 0 Å². The molecule has 0 aromatic heterocycles. The van der Waals surface area contributed by atoms with Gasteiger partial charge < -0.3 is 9.84 Å². The summed E-state index contributed by atoms with van der Waals surface area (Å²) < 4.78 is 4.90. The number of carbonyl (C=O) groups is 3. The lowest BCUT2D eigenvalue weighted by Crippen LogP contribution is -2.53. The summed E-state index contributed by atoms with van der Waals surface area (Å²) in [5, 5.41) is 10.4. The van der Waals surface area contributed by atoms with Crippen LogP contribution >= 0.6 is 0 Å². The molecule has 0 aromatic rings. The first-order chi connectivity index (χ1) is 11.9. The van der Waals surface area contributed by atoms with Crippen molar-refractivity contribution in [2.45, 2.75) is 96.2 Å². The molecule has 1 N–H and O–H groups in total. The summed E-state index contributed by atoms with van der Waals surface area (Å²) in [6.45, 7) is 3.39. The van der Waals surface area contributed by atoms with Crippen LogP contribution < -0.4 is 0 Å². The van der Waals surface area contributed by atoms with Crippen molar-refractivity contribution in [1.82, 2.24) is 0 Å². The number of hydrogen-bond acceptors (Lipinski definition) is 5. The van der Waals surface area contributed by atoms with Crippen LogP contribution in [0.15, 0.2) is 12.2 Å². The molecule has 0 fully saturated rings. The predicted octanol–water partition coefficient (Wildman–Crippen LogP) is 3.67. The molecule has 0 aliphatic heterocycles. The topological polar surface area (TPSA) is 80.7 Å². The Morgan fingerprint density at radius 2 is 1.56 bits per heavy atom. The average Bonchev–Trinajstić information content (AvgIpc) is 2.85. The lowest BCUT2D eigenvalue weighted by molar-refractivity contribution is -0.166. The predicted molar refractivity (Wildman–Crippen MR) is 96.1 cm³/mol. The number of ether oxygens (including phenoxy) is 1. The van der Waals surface area contributed by atoms with E-state index in [1.807, 2.05) is 0 Å². The fourth-order valence-corrected chi connectivity index (χ4v) is 3.14. The summed E-state index contributed by atoms with van der Waals surface area (Å²) in [5.41, 5.74) is -2.23. The van der Waals surface area contributed by atoms with Crippen molar-refractivity contribution in [3.8, 4) is 0 Å². The third-order valence-electron chi connectivity index (χ3n) is 4.69. The summed E-state index contributed by atoms with van der Waals surface area (Å²) in [6, 6.07) is 0. The van der Waals surface area contributed by atoms with Crippen molar-refractivity contribution in [3.05, 3.63) is 12.2 Å². The number of esters is 1. The number of Topliss-reactive ketones (excluding diaryl/α,β-unsaturated/α-hetero) is 1. The maximum absolute atomic E-state index is 12.3. The maximum atomic E-state index is 12.3. The van der Waals surface area contributed by atoms with Gasteiger partial charge in [0.2, 0.25) is 5.60 Å². The van der Waals surface area contributed by atoms with E-state index in [0.29, 0.717) is 6.42 Å². The van der Waals surface area contributed by atoms with E-state index >= 15 is 0 Å². The molecule has 1 aliphatic carbocycles. The van der Waals surface area contributed by atoms with Crippen molar-refractivity contribution in [1.29, 1.82) is 0 Å². The van der Waals surface area contributed by atoms with Crippen LogP contribution in [-0.4, -0.2) is 34.3 Å². The molecule has 0 saturated carbocycles. The first kappa shape index (κ1) is 21.6. The molecule has 1 aliphatic rings. The van der Waals surface area contributed by atoms with Gasteiger partial charge in [0.05, 0.1) is 0 Å². The fourth-order valence-electron chi connectivity index (χ4n) is 3.14. The van der Waals surface area contributed by atoms with Crippen LogP contribution in [0.25, 0.3) is 0 Å². The Morgan fingerprint density at radius 1 is 1.04 bits per heavy atom. The Labute approximate surface area is 150 Å². The zero-order valence-corrected chi connectivity index (χ0v) is 15.6. The lowest BCUT2D eigenvalue weighted by Gasteiger charge is -2.26. The molecule has 25 heavy (non-hydrogen) atoms. The monoisotopic (exact) mass is 352 g/mol. The number of aliphatic hydroxyl groups is 1. The first-order valence-corrected chi connectivity index (χ1v) is 9.58. The van der Waals surface area contributed by atoms with E-state index in [2.05, 4.69) is 6.92 Å². The summed E-state index contributed by atoms with van der Waals surface area (Å²) >= 11 is 0. The quantitative estimate of drug-likeness (QED) is 0.311. The van der Waals surface area contributed by atoms with Crippen LogP contribution in [0, 0.1) is 0 Å². The molecule has 5 heteroatoms. The summed E-state index contributed by atoms with van der Waals surface area (Å²) in [7, 11) is 0. The minimum absolute atomic E-state index is 0.123. The van der Waals surface area contributed by atoms with Crippen LogP contribution in [0.1, 0.15) is 84.5 Å². The van der Waals surface area contributed by atoms with Crippen LogP contribution in [0.2, 0.25) is 0 Å². The van der Waals surface area contributed by atoms with Gasteiger partial charge in [0.25, 0.3) is 0 Å². The molecular formula is C20H32O5. The highest BCUT2D eigenvalue weighted by Gasteiger charge is 2.52. The Balaban J connectivity index is 2.23. The van der Waals surface area contributed by atoms with E-state index < -0.39 is 29.2 Å². The van der Waals surface area contributed by atoms with E-state index in [4.69, 9.17) is 4.74 Å². The van der Waals surface area contributed by atoms with Crippen LogP contribution in [-0.2, 0) is 19.1 Å². The van der Waals surface area contributed by atoms with E-state index in [1.54, 1.807) is 0 Å². The number of rotatable bonds is 13. The van der Waals surface area contributed by atoms with Gasteiger partial charge >= 0.3 is 5.97 Å². The highest BCUT2D eigenvalue weighted by atomic mass is 16.6. The van der Waals surface area contributed by atoms with Crippen molar-refractivity contribution in [2.75, 3.05) is 0 Å². The van der Waals surface area contributed by atoms with Gasteiger partial charge in [-0.2, -0.15) is 0 Å². The molecule has 0 aromatic carbocycles. The van der Waals surface area contributed by atoms with Crippen molar-refractivity contribution in [3.63, 3.8) is 0 Å². The lowest BCUT2D eigenvalue weighted by atomic mass is 9.89. The SMILES string of the molecule is CCCCCCCCCCCCC(=O)[C@@]1(O)C(=O)C=C[C@H]1OC(C)=O. The molecule has 0 saturated heterocycles. The van der Waals surface area contributed by atoms with Gasteiger partial charge in [-0.1, -0.05) is 64.7 Å². The van der Waals surface area contributed by atoms with Crippen LogP contribution in [0.3, 0.4) is 0 Å². The second kappa shape index (κ2) is 11.2. The third-order valence-corrected chi connectivity index (χ3v) is 4.69. The standard InChI is InChI=1S/C20H32O5/c1-3-4-5-6-7-8-9-10-11-12-13-17(22)20(24)18(23)14-15-19(20)25-16(2)21/h14-15,19,24H,3-13H2,1-2H3/t19-,20-/m1/s1. The highest BCUT2D eigenvalue weighted by Crippen LogP contribution is 2.27. The molecule has 0 unspecified atom stereocenters. The largest absolute Gasteiger partial charge is 0.454 e. The zero-order chi connectivity index (χ0) is 18.7. The fraction of sp³-hybridized carbons (Fsp3) is 0.750. The molecule has 5 nitrogen and oxygen atoms in total. The minimum atomic E-state index is -2.23. The molecule has 2 atom stereocenters. The van der Waals surface area contributed by atoms with Crippen molar-refractivity contribution < 1.29 is 24.2 Å². The van der Waals surface area contributed by atoms with E-state index in [1.165, 1.54) is 51.5 Å². The summed E-state index contributed by atoms with van der Waals surface area (Å²) in [6.07, 6.45) is 12.7. The Kier molecular flexibility index (Phi) is 9.65. The minimum Gasteiger partial charge on any atom is -0.454 e. The van der Waals surface area contributed by atoms with Gasteiger partial charge in [-0.25, -0.2) is 0 Å². The molecular weight excluding hydrogens is 320 g/mol. The highest BCUT2D eigenvalue weighted by molar-refractivity contribution is 6.17. The molecule has 0 bridgehead atoms. The van der Waals surface area contributed by atoms with Gasteiger partial charge in [-0.3, -0.25) is 14.4 Å². The van der Waals surface area contributed by atoms with Crippen LogP contribution in [0.5, 0.6) is 0 Å². The van der Waals surface area contributed by atoms with E-state index in [9.17, 15) is 19.5 Å². The van der Waals surface area contributed by atoms with Gasteiger partial charge in [0, 0.05) is 13.3 Å². The second-order valence-electron chi connectivity index (χ2n) is 6.87. The summed E-state index contributed by atoms with van der Waals surface area (Å²) in [5.74, 6) is -1.89. The number of hydrogen-bond donors (Lipinski definition) is 1. The second-order valence-corrected chi connectivity index (χ2v) is 6.87. The number of ketones is 2. The molecule has 142 valence electrons. The Morgan fingerprint density at radius 3 is 2.08 bits per heavy atom. The molecule has 0 heterocycles. The molecule has 0 radical (unpaired) electrons. The third kappa shape index (κ3) is 6.73.